The number of benzene rings is 2. The zero-order valence-electron chi connectivity index (χ0n) is 13.9. The van der Waals surface area contributed by atoms with Gasteiger partial charge in [-0.2, -0.15) is 5.12 Å². The summed E-state index contributed by atoms with van der Waals surface area (Å²) in [6, 6.07) is 18.2. The van der Waals surface area contributed by atoms with Crippen LogP contribution in [0, 0.1) is 13.8 Å². The molecule has 0 saturated heterocycles. The van der Waals surface area contributed by atoms with Crippen LogP contribution in [-0.2, 0) is 0 Å². The number of aromatic nitrogens is 1. The van der Waals surface area contributed by atoms with Crippen molar-refractivity contribution in [2.45, 2.75) is 13.8 Å². The van der Waals surface area contributed by atoms with Crippen LogP contribution in [0.3, 0.4) is 0 Å². The summed E-state index contributed by atoms with van der Waals surface area (Å²) >= 11 is 1.72. The quantitative estimate of drug-likeness (QED) is 0.672. The maximum atomic E-state index is 4.64. The van der Waals surface area contributed by atoms with Crippen molar-refractivity contribution in [1.82, 2.24) is 15.9 Å². The van der Waals surface area contributed by atoms with Gasteiger partial charge in [0.2, 0.25) is 0 Å². The van der Waals surface area contributed by atoms with Crippen molar-refractivity contribution in [2.24, 2.45) is 5.10 Å². The molecule has 0 amide bonds. The van der Waals surface area contributed by atoms with E-state index in [1.165, 1.54) is 4.88 Å². The molecule has 4 rings (SSSR count). The summed E-state index contributed by atoms with van der Waals surface area (Å²) in [6.45, 7) is 4.15. The first kappa shape index (κ1) is 17.6. The fourth-order valence-electron chi connectivity index (χ4n) is 2.47. The van der Waals surface area contributed by atoms with Gasteiger partial charge in [-0.05, 0) is 32.0 Å². The van der Waals surface area contributed by atoms with E-state index in [0.29, 0.717) is 0 Å². The van der Waals surface area contributed by atoms with E-state index in [1.807, 2.05) is 49.4 Å². The molecule has 0 unspecified atom stereocenters. The normalized spacial score (nSPS) is 13.2. The first-order valence-corrected chi connectivity index (χ1v) is 8.52. The van der Waals surface area contributed by atoms with Crippen LogP contribution in [0.15, 0.2) is 59.7 Å². The van der Waals surface area contributed by atoms with Gasteiger partial charge in [0.25, 0.3) is 0 Å². The van der Waals surface area contributed by atoms with Crippen molar-refractivity contribution in [2.75, 3.05) is 5.12 Å². The van der Waals surface area contributed by atoms with E-state index in [0.717, 1.165) is 33.4 Å². The molecule has 0 fully saturated rings. The number of anilines is 1. The van der Waals surface area contributed by atoms with Crippen LogP contribution in [-0.4, -0.2) is 10.8 Å². The van der Waals surface area contributed by atoms with Crippen LogP contribution in [0.25, 0.3) is 10.6 Å². The lowest BCUT2D eigenvalue weighted by Crippen LogP contribution is -2.38. The Balaban J connectivity index is 0.00000182. The van der Waals surface area contributed by atoms with E-state index in [-0.39, 0.29) is 17.0 Å². The molecule has 0 bridgehead atoms. The molecule has 0 atom stereocenters. The highest BCUT2D eigenvalue weighted by Gasteiger charge is 2.17. The molecule has 1 aliphatic heterocycles. The lowest BCUT2D eigenvalue weighted by atomic mass is 10.1. The van der Waals surface area contributed by atoms with Crippen molar-refractivity contribution in [3.05, 3.63) is 70.7 Å². The smallest absolute Gasteiger partial charge is 0.171 e. The monoisotopic (exact) mass is 415 g/mol. The second-order valence-corrected chi connectivity index (χ2v) is 6.78. The van der Waals surface area contributed by atoms with Crippen LogP contribution in [0.5, 0.6) is 0 Å². The van der Waals surface area contributed by atoms with Crippen LogP contribution in [0.2, 0.25) is 0 Å². The molecule has 2 N–H and O–H groups in total. The molecule has 0 saturated carbocycles. The molecule has 128 valence electrons. The Morgan fingerprint density at radius 2 is 1.72 bits per heavy atom. The number of hydrazine groups is 2. The molecule has 0 aliphatic carbocycles. The summed E-state index contributed by atoms with van der Waals surface area (Å²) < 4.78 is 0. The average molecular weight is 416 g/mol. The third-order valence-corrected chi connectivity index (χ3v) is 5.01. The van der Waals surface area contributed by atoms with Gasteiger partial charge in [-0.3, -0.25) is 5.43 Å². The van der Waals surface area contributed by atoms with E-state index >= 15 is 0 Å². The molecule has 3 aromatic rings. The number of aryl methyl sites for hydroxylation is 2. The van der Waals surface area contributed by atoms with Gasteiger partial charge in [-0.1, -0.05) is 36.4 Å². The Morgan fingerprint density at radius 1 is 0.960 bits per heavy atom. The highest BCUT2D eigenvalue weighted by molar-refractivity contribution is 8.93. The molecule has 1 aromatic heterocycles. The van der Waals surface area contributed by atoms with Gasteiger partial charge < -0.3 is 0 Å². The number of thiazole rings is 1. The van der Waals surface area contributed by atoms with E-state index in [4.69, 9.17) is 0 Å². The third kappa shape index (κ3) is 3.58. The molecule has 25 heavy (non-hydrogen) atoms. The average Bonchev–Trinajstić information content (AvgIpc) is 3.24. The molecule has 7 heteroatoms. The zero-order chi connectivity index (χ0) is 16.5. The van der Waals surface area contributed by atoms with E-state index in [2.05, 4.69) is 40.1 Å². The van der Waals surface area contributed by atoms with Crippen LogP contribution in [0.1, 0.15) is 16.1 Å². The maximum absolute atomic E-state index is 4.64. The summed E-state index contributed by atoms with van der Waals surface area (Å²) in [6.07, 6.45) is 0. The molecule has 2 aromatic carbocycles. The fourth-order valence-corrected chi connectivity index (χ4v) is 3.38. The van der Waals surface area contributed by atoms with Crippen molar-refractivity contribution in [3.8, 4) is 10.6 Å². The molecular weight excluding hydrogens is 398 g/mol. The molecule has 0 radical (unpaired) electrons. The van der Waals surface area contributed by atoms with Gasteiger partial charge in [0.05, 0.1) is 11.4 Å². The van der Waals surface area contributed by atoms with Gasteiger partial charge in [-0.15, -0.1) is 39.0 Å². The molecule has 5 nitrogen and oxygen atoms in total. The number of halogens is 1. The number of rotatable bonds is 3. The minimum absolute atomic E-state index is 0. The number of amidine groups is 1. The summed E-state index contributed by atoms with van der Waals surface area (Å²) in [5.74, 6) is 0.783. The summed E-state index contributed by atoms with van der Waals surface area (Å²) in [7, 11) is 0. The van der Waals surface area contributed by atoms with Gasteiger partial charge >= 0.3 is 0 Å². The number of hydrogen-bond acceptors (Lipinski definition) is 6. The van der Waals surface area contributed by atoms with Gasteiger partial charge in [0.15, 0.2) is 5.84 Å². The number of nitrogens with one attached hydrogen (secondary N) is 2. The largest absolute Gasteiger partial charge is 0.284 e. The lowest BCUT2D eigenvalue weighted by Gasteiger charge is -2.11. The fraction of sp³-hybridized carbons (Fsp3) is 0.111. The summed E-state index contributed by atoms with van der Waals surface area (Å²) in [5.41, 5.74) is 10.4. The minimum atomic E-state index is 0. The van der Waals surface area contributed by atoms with Crippen molar-refractivity contribution >= 4 is 39.8 Å². The SMILES string of the molecule is Br.Cc1nc(-c2cccc(C3=NN(c4ccccc4)NN3)c2)sc1C. The predicted octanol–water partition coefficient (Wildman–Crippen LogP) is 4.20. The van der Waals surface area contributed by atoms with E-state index < -0.39 is 0 Å². The topological polar surface area (TPSA) is 52.6 Å². The Bertz CT molecular complexity index is 887. The van der Waals surface area contributed by atoms with Gasteiger partial charge in [-0.25, -0.2) is 4.98 Å². The van der Waals surface area contributed by atoms with Crippen LogP contribution in [0.4, 0.5) is 5.69 Å². The van der Waals surface area contributed by atoms with E-state index in [1.54, 1.807) is 16.5 Å². The maximum Gasteiger partial charge on any atom is 0.171 e. The van der Waals surface area contributed by atoms with Crippen molar-refractivity contribution in [1.29, 1.82) is 0 Å². The Hall–Kier alpha value is -2.22. The highest BCUT2D eigenvalue weighted by Crippen LogP contribution is 2.28. The Labute approximate surface area is 161 Å². The van der Waals surface area contributed by atoms with Gasteiger partial charge in [0, 0.05) is 16.0 Å². The van der Waals surface area contributed by atoms with E-state index in [9.17, 15) is 0 Å². The first-order valence-electron chi connectivity index (χ1n) is 7.71. The molecule has 2 heterocycles. The van der Waals surface area contributed by atoms with Crippen LogP contribution >= 0.6 is 28.3 Å². The number of para-hydroxylation sites is 1. The lowest BCUT2D eigenvalue weighted by molar-refractivity contribution is 0.664. The molecule has 1 aliphatic rings. The Kier molecular flexibility index (Phi) is 5.17. The summed E-state index contributed by atoms with van der Waals surface area (Å²) in [4.78, 5) is 5.90. The minimum Gasteiger partial charge on any atom is -0.284 e. The zero-order valence-corrected chi connectivity index (χ0v) is 16.4. The second kappa shape index (κ2) is 7.35. The second-order valence-electron chi connectivity index (χ2n) is 5.57. The first-order chi connectivity index (χ1) is 11.7. The van der Waals surface area contributed by atoms with Crippen molar-refractivity contribution in [3.63, 3.8) is 0 Å². The third-order valence-electron chi connectivity index (χ3n) is 3.89. The van der Waals surface area contributed by atoms with Gasteiger partial charge in [0.1, 0.15) is 5.01 Å². The Morgan fingerprint density at radius 3 is 2.44 bits per heavy atom. The van der Waals surface area contributed by atoms with Crippen LogP contribution < -0.4 is 16.1 Å². The number of nitrogens with zero attached hydrogens (tertiary/aromatic N) is 3. The standard InChI is InChI=1S/C18H17N5S.BrH/c1-12-13(2)24-18(19-12)15-8-6-7-14(11-15)17-20-22-23(21-17)16-9-4-3-5-10-16;/h3-11,22H,1-2H3,(H,20,21);1H. The number of hydrazone groups is 1. The van der Waals surface area contributed by atoms with Crippen molar-refractivity contribution < 1.29 is 0 Å². The summed E-state index contributed by atoms with van der Waals surface area (Å²) in [5, 5.41) is 7.36. The number of hydrogen-bond donors (Lipinski definition) is 2. The highest BCUT2D eigenvalue weighted by atomic mass is 79.9. The molecular formula is C18H18BrN5S. The predicted molar refractivity (Wildman–Crippen MR) is 109 cm³/mol. The molecule has 0 spiro atoms.